The SMILES string of the molecule is COC(=O)N1c2ccc3c(nc(C(C)CN4CCCCC4=O)n3[C@@H]3CCC[C@@H](C(=O)O)C3)c2CC[C@@H]1C. The van der Waals surface area contributed by atoms with Crippen molar-refractivity contribution in [3.63, 3.8) is 0 Å². The molecule has 1 saturated carbocycles. The molecule has 1 aliphatic carbocycles. The highest BCUT2D eigenvalue weighted by Crippen LogP contribution is 2.41. The van der Waals surface area contributed by atoms with E-state index < -0.39 is 5.97 Å². The van der Waals surface area contributed by atoms with E-state index in [1.807, 2.05) is 24.0 Å². The molecular weight excluding hydrogens is 472 g/mol. The number of methoxy groups -OCH3 is 1. The zero-order valence-electron chi connectivity index (χ0n) is 22.1. The minimum Gasteiger partial charge on any atom is -0.481 e. The summed E-state index contributed by atoms with van der Waals surface area (Å²) in [4.78, 5) is 46.0. The molecule has 1 unspecified atom stereocenters. The van der Waals surface area contributed by atoms with E-state index in [-0.39, 0.29) is 35.9 Å². The van der Waals surface area contributed by atoms with Crippen LogP contribution in [0.4, 0.5) is 10.5 Å². The fraction of sp³-hybridized carbons (Fsp3) is 0.643. The predicted molar refractivity (Wildman–Crippen MR) is 140 cm³/mol. The maximum atomic E-state index is 12.6. The minimum atomic E-state index is -0.734. The predicted octanol–water partition coefficient (Wildman–Crippen LogP) is 4.88. The van der Waals surface area contributed by atoms with Crippen LogP contribution in [0.5, 0.6) is 0 Å². The van der Waals surface area contributed by atoms with E-state index in [9.17, 15) is 19.5 Å². The van der Waals surface area contributed by atoms with Crippen molar-refractivity contribution >= 4 is 34.7 Å². The molecule has 2 aliphatic heterocycles. The lowest BCUT2D eigenvalue weighted by Crippen LogP contribution is -2.42. The van der Waals surface area contributed by atoms with Crippen LogP contribution in [0.2, 0.25) is 0 Å². The highest BCUT2D eigenvalue weighted by atomic mass is 16.5. The van der Waals surface area contributed by atoms with Crippen LogP contribution in [0, 0.1) is 5.92 Å². The number of likely N-dealkylation sites (tertiary alicyclic amines) is 1. The molecule has 3 aliphatic rings. The summed E-state index contributed by atoms with van der Waals surface area (Å²) in [5, 5.41) is 9.76. The molecule has 200 valence electrons. The van der Waals surface area contributed by atoms with Gasteiger partial charge < -0.3 is 19.3 Å². The van der Waals surface area contributed by atoms with Crippen molar-refractivity contribution in [1.29, 1.82) is 0 Å². The number of aromatic nitrogens is 2. The van der Waals surface area contributed by atoms with E-state index in [0.29, 0.717) is 25.8 Å². The normalized spacial score (nSPS) is 25.2. The molecule has 9 nitrogen and oxygen atoms in total. The molecule has 4 atom stereocenters. The quantitative estimate of drug-likeness (QED) is 0.615. The Labute approximate surface area is 217 Å². The summed E-state index contributed by atoms with van der Waals surface area (Å²) in [6.07, 6.45) is 6.85. The molecular formula is C28H38N4O5. The molecule has 0 radical (unpaired) electrons. The molecule has 0 bridgehead atoms. The second kappa shape index (κ2) is 10.3. The average molecular weight is 511 g/mol. The van der Waals surface area contributed by atoms with Crippen molar-refractivity contribution < 1.29 is 24.2 Å². The number of nitrogens with zero attached hydrogens (tertiary/aromatic N) is 4. The van der Waals surface area contributed by atoms with E-state index in [1.54, 1.807) is 4.90 Å². The Morgan fingerprint density at radius 1 is 1.16 bits per heavy atom. The van der Waals surface area contributed by atoms with Crippen LogP contribution in [0.3, 0.4) is 0 Å². The van der Waals surface area contributed by atoms with Crippen LogP contribution in [0.1, 0.15) is 88.6 Å². The van der Waals surface area contributed by atoms with E-state index in [0.717, 1.165) is 73.2 Å². The number of anilines is 1. The van der Waals surface area contributed by atoms with Crippen molar-refractivity contribution in [1.82, 2.24) is 14.5 Å². The Kier molecular flexibility index (Phi) is 7.14. The Morgan fingerprint density at radius 3 is 2.70 bits per heavy atom. The third-order valence-electron chi connectivity index (χ3n) is 8.57. The molecule has 5 rings (SSSR count). The van der Waals surface area contributed by atoms with Crippen molar-refractivity contribution in [2.45, 2.75) is 89.6 Å². The van der Waals surface area contributed by atoms with Gasteiger partial charge in [0.1, 0.15) is 5.82 Å². The van der Waals surface area contributed by atoms with Crippen LogP contribution in [0.25, 0.3) is 11.0 Å². The number of imidazole rings is 1. The summed E-state index contributed by atoms with van der Waals surface area (Å²) >= 11 is 0. The molecule has 37 heavy (non-hydrogen) atoms. The van der Waals surface area contributed by atoms with Crippen LogP contribution in [0.15, 0.2) is 12.1 Å². The van der Waals surface area contributed by atoms with E-state index >= 15 is 0 Å². The number of piperidine rings is 1. The number of carboxylic acids is 1. The number of aryl methyl sites for hydroxylation is 1. The monoisotopic (exact) mass is 510 g/mol. The topological polar surface area (TPSA) is 105 Å². The fourth-order valence-electron chi connectivity index (χ4n) is 6.61. The Morgan fingerprint density at radius 2 is 1.97 bits per heavy atom. The van der Waals surface area contributed by atoms with Gasteiger partial charge in [-0.25, -0.2) is 9.78 Å². The van der Waals surface area contributed by atoms with Crippen molar-refractivity contribution in [2.75, 3.05) is 25.1 Å². The number of ether oxygens (including phenoxy) is 1. The summed E-state index contributed by atoms with van der Waals surface area (Å²) in [6, 6.07) is 4.08. The number of hydrogen-bond donors (Lipinski definition) is 1. The molecule has 1 saturated heterocycles. The van der Waals surface area contributed by atoms with Gasteiger partial charge in [0.05, 0.1) is 29.7 Å². The molecule has 1 N–H and O–H groups in total. The first-order valence-corrected chi connectivity index (χ1v) is 13.7. The highest BCUT2D eigenvalue weighted by Gasteiger charge is 2.35. The van der Waals surface area contributed by atoms with Crippen LogP contribution in [-0.4, -0.2) is 63.8 Å². The van der Waals surface area contributed by atoms with Gasteiger partial charge in [0.2, 0.25) is 5.91 Å². The number of benzene rings is 1. The highest BCUT2D eigenvalue weighted by molar-refractivity contribution is 5.95. The summed E-state index contributed by atoms with van der Waals surface area (Å²) in [5.41, 5.74) is 3.73. The van der Waals surface area contributed by atoms with E-state index in [4.69, 9.17) is 9.72 Å². The third kappa shape index (κ3) is 4.68. The van der Waals surface area contributed by atoms with Gasteiger partial charge in [-0.05, 0) is 64.0 Å². The van der Waals surface area contributed by atoms with Gasteiger partial charge in [0.25, 0.3) is 0 Å². The lowest BCUT2D eigenvalue weighted by molar-refractivity contribution is -0.143. The van der Waals surface area contributed by atoms with Gasteiger partial charge in [-0.15, -0.1) is 0 Å². The van der Waals surface area contributed by atoms with Gasteiger partial charge in [-0.2, -0.15) is 0 Å². The lowest BCUT2D eigenvalue weighted by Gasteiger charge is -2.34. The molecule has 0 spiro atoms. The maximum Gasteiger partial charge on any atom is 0.414 e. The smallest absolute Gasteiger partial charge is 0.414 e. The first-order chi connectivity index (χ1) is 17.8. The summed E-state index contributed by atoms with van der Waals surface area (Å²) in [5.74, 6) is -0.000854. The van der Waals surface area contributed by atoms with Gasteiger partial charge in [0, 0.05) is 43.1 Å². The van der Waals surface area contributed by atoms with Crippen LogP contribution < -0.4 is 4.90 Å². The van der Waals surface area contributed by atoms with Gasteiger partial charge >= 0.3 is 12.1 Å². The van der Waals surface area contributed by atoms with Crippen LogP contribution >= 0.6 is 0 Å². The van der Waals surface area contributed by atoms with E-state index in [2.05, 4.69) is 11.5 Å². The van der Waals surface area contributed by atoms with Gasteiger partial charge in [0.15, 0.2) is 0 Å². The molecule has 9 heteroatoms. The standard InChI is InChI=1S/C28H38N4O5/c1-17(16-30-14-5-4-9-24(30)33)26-29-25-21-11-10-18(2)31(28(36)37-3)22(21)12-13-23(25)32(26)20-8-6-7-19(15-20)27(34)35/h12-13,17-20H,4-11,14-16H2,1-3H3,(H,34,35)/t17?,18-,19+,20+/m0/s1. The second-order valence-corrected chi connectivity index (χ2v) is 11.1. The average Bonchev–Trinajstić information content (AvgIpc) is 3.29. The second-order valence-electron chi connectivity index (χ2n) is 11.1. The minimum absolute atomic E-state index is 0.00507. The first kappa shape index (κ1) is 25.5. The number of carbonyl (C=O) groups is 3. The Bertz CT molecular complexity index is 1210. The molecule has 1 aromatic heterocycles. The fourth-order valence-corrected chi connectivity index (χ4v) is 6.61. The summed E-state index contributed by atoms with van der Waals surface area (Å²) < 4.78 is 7.36. The van der Waals surface area contributed by atoms with Crippen molar-refractivity contribution in [2.24, 2.45) is 5.92 Å². The number of aliphatic carboxylic acids is 1. The number of amides is 2. The first-order valence-electron chi connectivity index (χ1n) is 13.7. The zero-order valence-corrected chi connectivity index (χ0v) is 22.1. The molecule has 2 fully saturated rings. The molecule has 2 amide bonds. The lowest BCUT2D eigenvalue weighted by atomic mass is 9.85. The van der Waals surface area contributed by atoms with E-state index in [1.165, 1.54) is 7.11 Å². The largest absolute Gasteiger partial charge is 0.481 e. The number of rotatable bonds is 5. The molecule has 1 aromatic carbocycles. The van der Waals surface area contributed by atoms with Crippen molar-refractivity contribution in [3.8, 4) is 0 Å². The number of hydrogen-bond acceptors (Lipinski definition) is 5. The Balaban J connectivity index is 1.61. The molecule has 3 heterocycles. The van der Waals surface area contributed by atoms with Gasteiger partial charge in [-0.1, -0.05) is 13.3 Å². The van der Waals surface area contributed by atoms with Crippen LogP contribution in [-0.2, 0) is 20.7 Å². The third-order valence-corrected chi connectivity index (χ3v) is 8.57. The summed E-state index contributed by atoms with van der Waals surface area (Å²) in [6.45, 7) is 5.52. The number of carbonyl (C=O) groups excluding carboxylic acids is 2. The summed E-state index contributed by atoms with van der Waals surface area (Å²) in [7, 11) is 1.40. The molecule has 2 aromatic rings. The van der Waals surface area contributed by atoms with Gasteiger partial charge in [-0.3, -0.25) is 14.5 Å². The van der Waals surface area contributed by atoms with Crippen molar-refractivity contribution in [3.05, 3.63) is 23.5 Å². The Hall–Kier alpha value is -3.10. The number of carboxylic acid groups (broad SMARTS) is 1. The number of fused-ring (bicyclic) bond motifs is 3. The maximum absolute atomic E-state index is 12.6. The zero-order chi connectivity index (χ0) is 26.3.